The Morgan fingerprint density at radius 2 is 2.14 bits per heavy atom. The zero-order valence-electron chi connectivity index (χ0n) is 14.0. The fraction of sp³-hybridized carbons (Fsp3) is 0.667. The quantitative estimate of drug-likeness (QED) is 0.799. The minimum Gasteiger partial charge on any atom is -0.357 e. The van der Waals surface area contributed by atoms with E-state index in [9.17, 15) is 4.79 Å². The molecule has 0 aromatic carbocycles. The number of pyridine rings is 1. The lowest BCUT2D eigenvalue weighted by Gasteiger charge is -2.18. The average molecular weight is 303 g/mol. The number of unbranched alkanes of at least 4 members (excludes halogenated alkanes) is 1. The second-order valence-corrected chi connectivity index (χ2v) is 6.18. The van der Waals surface area contributed by atoms with Crippen LogP contribution in [0.4, 0.5) is 5.82 Å². The Morgan fingerprint density at radius 3 is 2.82 bits per heavy atom. The van der Waals surface area contributed by atoms with Crippen molar-refractivity contribution in [3.05, 3.63) is 23.9 Å². The molecule has 4 heteroatoms. The molecule has 4 nitrogen and oxygen atoms in total. The zero-order chi connectivity index (χ0) is 15.8. The number of carbonyl (C=O) groups excluding carboxylic acids is 1. The van der Waals surface area contributed by atoms with Gasteiger partial charge in [-0.05, 0) is 43.4 Å². The highest BCUT2D eigenvalue weighted by Gasteiger charge is 2.16. The summed E-state index contributed by atoms with van der Waals surface area (Å²) < 4.78 is 0. The first-order valence-electron chi connectivity index (χ1n) is 8.72. The van der Waals surface area contributed by atoms with Crippen molar-refractivity contribution >= 4 is 11.7 Å². The van der Waals surface area contributed by atoms with Crippen LogP contribution >= 0.6 is 0 Å². The number of anilines is 1. The van der Waals surface area contributed by atoms with Crippen molar-refractivity contribution in [2.75, 3.05) is 18.0 Å². The van der Waals surface area contributed by atoms with E-state index in [0.29, 0.717) is 6.54 Å². The molecule has 122 valence electrons. The predicted molar refractivity (Wildman–Crippen MR) is 90.8 cm³/mol. The molecule has 1 amide bonds. The van der Waals surface area contributed by atoms with Gasteiger partial charge in [-0.3, -0.25) is 4.79 Å². The molecule has 2 rings (SSSR count). The highest BCUT2D eigenvalue weighted by molar-refractivity contribution is 5.78. The summed E-state index contributed by atoms with van der Waals surface area (Å²) >= 11 is 0. The maximum atomic E-state index is 12.3. The van der Waals surface area contributed by atoms with Crippen molar-refractivity contribution in [2.45, 2.75) is 58.9 Å². The number of nitrogens with one attached hydrogen (secondary N) is 1. The van der Waals surface area contributed by atoms with Crippen LogP contribution < -0.4 is 10.2 Å². The summed E-state index contributed by atoms with van der Waals surface area (Å²) in [6.07, 6.45) is 8.53. The van der Waals surface area contributed by atoms with Crippen LogP contribution in [0.1, 0.15) is 57.9 Å². The van der Waals surface area contributed by atoms with Crippen LogP contribution in [0.25, 0.3) is 0 Å². The Kier molecular flexibility index (Phi) is 6.69. The normalized spacial score (nSPS) is 15.8. The summed E-state index contributed by atoms with van der Waals surface area (Å²) in [4.78, 5) is 19.0. The summed E-state index contributed by atoms with van der Waals surface area (Å²) in [7, 11) is 0. The first-order chi connectivity index (χ1) is 10.7. The van der Waals surface area contributed by atoms with E-state index in [-0.39, 0.29) is 11.8 Å². The molecule has 0 radical (unpaired) electrons. The number of nitrogens with zero attached hydrogens (tertiary/aromatic N) is 2. The average Bonchev–Trinajstić information content (AvgIpc) is 3.08. The predicted octanol–water partition coefficient (Wildman–Crippen LogP) is 3.51. The summed E-state index contributed by atoms with van der Waals surface area (Å²) in [5.41, 5.74) is 1.13. The lowest BCUT2D eigenvalue weighted by atomic mass is 9.98. The number of hydrogen-bond acceptors (Lipinski definition) is 3. The van der Waals surface area contributed by atoms with Gasteiger partial charge in [0.2, 0.25) is 5.91 Å². The third-order valence-electron chi connectivity index (χ3n) is 4.48. The highest BCUT2D eigenvalue weighted by Crippen LogP contribution is 2.18. The molecule has 1 aliphatic rings. The van der Waals surface area contributed by atoms with E-state index < -0.39 is 0 Å². The number of hydrogen-bond donors (Lipinski definition) is 1. The minimum atomic E-state index is 0.153. The smallest absolute Gasteiger partial charge is 0.223 e. The second-order valence-electron chi connectivity index (χ2n) is 6.18. The van der Waals surface area contributed by atoms with Crippen LogP contribution in [0.5, 0.6) is 0 Å². The molecule has 0 aliphatic carbocycles. The molecular formula is C18H29N3O. The third-order valence-corrected chi connectivity index (χ3v) is 4.48. The minimum absolute atomic E-state index is 0.153. The lowest BCUT2D eigenvalue weighted by Crippen LogP contribution is -2.30. The molecule has 1 aromatic rings. The largest absolute Gasteiger partial charge is 0.357 e. The van der Waals surface area contributed by atoms with Crippen molar-refractivity contribution in [3.8, 4) is 0 Å². The van der Waals surface area contributed by atoms with Gasteiger partial charge in [-0.25, -0.2) is 4.98 Å². The highest BCUT2D eigenvalue weighted by atomic mass is 16.1. The lowest BCUT2D eigenvalue weighted by molar-refractivity contribution is -0.125. The van der Waals surface area contributed by atoms with E-state index in [2.05, 4.69) is 35.1 Å². The van der Waals surface area contributed by atoms with Gasteiger partial charge in [-0.2, -0.15) is 0 Å². The van der Waals surface area contributed by atoms with Crippen LogP contribution in [0.2, 0.25) is 0 Å². The Balaban J connectivity index is 1.87. The molecule has 1 aromatic heterocycles. The molecular weight excluding hydrogens is 274 g/mol. The van der Waals surface area contributed by atoms with Gasteiger partial charge in [-0.1, -0.05) is 26.7 Å². The van der Waals surface area contributed by atoms with Crippen molar-refractivity contribution in [1.29, 1.82) is 0 Å². The molecule has 1 fully saturated rings. The Labute approximate surface area is 134 Å². The van der Waals surface area contributed by atoms with E-state index in [1.807, 2.05) is 12.3 Å². The van der Waals surface area contributed by atoms with Gasteiger partial charge in [-0.15, -0.1) is 0 Å². The van der Waals surface area contributed by atoms with Gasteiger partial charge in [0.05, 0.1) is 0 Å². The molecule has 0 spiro atoms. The van der Waals surface area contributed by atoms with E-state index in [1.54, 1.807) is 0 Å². The van der Waals surface area contributed by atoms with Crippen molar-refractivity contribution in [1.82, 2.24) is 10.3 Å². The Morgan fingerprint density at radius 1 is 1.36 bits per heavy atom. The number of aromatic nitrogens is 1. The van der Waals surface area contributed by atoms with Crippen LogP contribution in [-0.4, -0.2) is 24.0 Å². The molecule has 1 unspecified atom stereocenters. The SMILES string of the molecule is CCCCC(CC)C(=O)NCc1ccnc(N2CCCC2)c1. The number of amides is 1. The van der Waals surface area contributed by atoms with E-state index in [1.165, 1.54) is 12.8 Å². The molecule has 2 heterocycles. The molecule has 1 aliphatic heterocycles. The van der Waals surface area contributed by atoms with Gasteiger partial charge in [0.25, 0.3) is 0 Å². The summed E-state index contributed by atoms with van der Waals surface area (Å²) in [5.74, 6) is 1.39. The van der Waals surface area contributed by atoms with Crippen LogP contribution in [0.3, 0.4) is 0 Å². The number of rotatable bonds is 8. The first kappa shape index (κ1) is 16.8. The van der Waals surface area contributed by atoms with E-state index in [0.717, 1.165) is 50.2 Å². The summed E-state index contributed by atoms with van der Waals surface area (Å²) in [6.45, 7) is 7.06. The molecule has 0 bridgehead atoms. The molecule has 22 heavy (non-hydrogen) atoms. The summed E-state index contributed by atoms with van der Waals surface area (Å²) in [6, 6.07) is 4.10. The van der Waals surface area contributed by atoms with Gasteiger partial charge >= 0.3 is 0 Å². The van der Waals surface area contributed by atoms with Crippen molar-refractivity contribution in [3.63, 3.8) is 0 Å². The van der Waals surface area contributed by atoms with Crippen LogP contribution in [0.15, 0.2) is 18.3 Å². The van der Waals surface area contributed by atoms with Crippen molar-refractivity contribution < 1.29 is 4.79 Å². The maximum Gasteiger partial charge on any atom is 0.223 e. The topological polar surface area (TPSA) is 45.2 Å². The fourth-order valence-corrected chi connectivity index (χ4v) is 2.99. The van der Waals surface area contributed by atoms with Gasteiger partial charge in [0.15, 0.2) is 0 Å². The van der Waals surface area contributed by atoms with Gasteiger partial charge < -0.3 is 10.2 Å². The molecule has 1 N–H and O–H groups in total. The standard InChI is InChI=1S/C18H29N3O/c1-3-5-8-16(4-2)18(22)20-14-15-9-10-19-17(13-15)21-11-6-7-12-21/h9-10,13,16H,3-8,11-12,14H2,1-2H3,(H,20,22). The number of carbonyl (C=O) groups is 1. The van der Waals surface area contributed by atoms with Crippen LogP contribution in [0, 0.1) is 5.92 Å². The van der Waals surface area contributed by atoms with Gasteiger partial charge in [0, 0.05) is 31.7 Å². The molecule has 1 atom stereocenters. The molecule has 1 saturated heterocycles. The monoisotopic (exact) mass is 303 g/mol. The van der Waals surface area contributed by atoms with E-state index >= 15 is 0 Å². The molecule has 0 saturated carbocycles. The Hall–Kier alpha value is -1.58. The maximum absolute atomic E-state index is 12.3. The van der Waals surface area contributed by atoms with E-state index in [4.69, 9.17) is 0 Å². The first-order valence-corrected chi connectivity index (χ1v) is 8.72. The van der Waals surface area contributed by atoms with Gasteiger partial charge in [0.1, 0.15) is 5.82 Å². The van der Waals surface area contributed by atoms with Crippen molar-refractivity contribution in [2.24, 2.45) is 5.92 Å². The van der Waals surface area contributed by atoms with Crippen LogP contribution in [-0.2, 0) is 11.3 Å². The zero-order valence-corrected chi connectivity index (χ0v) is 14.0. The fourth-order valence-electron chi connectivity index (χ4n) is 2.99. The third kappa shape index (κ3) is 4.72. The Bertz CT molecular complexity index is 469. The summed E-state index contributed by atoms with van der Waals surface area (Å²) in [5, 5.41) is 3.09. The second kappa shape index (κ2) is 8.76.